The molecule has 0 saturated heterocycles. The normalized spacial score (nSPS) is 13.3. The number of fused-ring (bicyclic) bond motifs is 2. The zero-order valence-electron chi connectivity index (χ0n) is 14.0. The molecular weight excluding hydrogens is 302 g/mol. The van der Waals surface area contributed by atoms with E-state index in [0.717, 1.165) is 52.7 Å². The average molecular weight is 321 g/mol. The van der Waals surface area contributed by atoms with E-state index in [2.05, 4.69) is 44.3 Å². The van der Waals surface area contributed by atoms with Gasteiger partial charge in [0.1, 0.15) is 0 Å². The van der Waals surface area contributed by atoms with Gasteiger partial charge in [0.2, 0.25) is 11.9 Å². The van der Waals surface area contributed by atoms with Crippen LogP contribution in [0.5, 0.6) is 0 Å². The summed E-state index contributed by atoms with van der Waals surface area (Å²) < 4.78 is 0. The predicted molar refractivity (Wildman–Crippen MR) is 93.9 cm³/mol. The Bertz CT molecular complexity index is 1020. The summed E-state index contributed by atoms with van der Waals surface area (Å²) in [6.45, 7) is 6.07. The van der Waals surface area contributed by atoms with Gasteiger partial charge in [-0.05, 0) is 51.7 Å². The van der Waals surface area contributed by atoms with E-state index in [4.69, 9.17) is 0 Å². The predicted octanol–water partition coefficient (Wildman–Crippen LogP) is 2.87. The van der Waals surface area contributed by atoms with Crippen molar-refractivity contribution in [3.63, 3.8) is 0 Å². The molecule has 0 spiro atoms. The van der Waals surface area contributed by atoms with E-state index < -0.39 is 0 Å². The van der Waals surface area contributed by atoms with Gasteiger partial charge in [0, 0.05) is 10.9 Å². The van der Waals surface area contributed by atoms with Crippen molar-refractivity contribution in [2.45, 2.75) is 40.0 Å². The fourth-order valence-corrected chi connectivity index (χ4v) is 3.40. The van der Waals surface area contributed by atoms with Gasteiger partial charge < -0.3 is 0 Å². The second kappa shape index (κ2) is 5.40. The molecule has 24 heavy (non-hydrogen) atoms. The first-order valence-electron chi connectivity index (χ1n) is 8.16. The number of H-pyrrole nitrogens is 1. The first-order valence-corrected chi connectivity index (χ1v) is 8.16. The summed E-state index contributed by atoms with van der Waals surface area (Å²) in [7, 11) is 0. The van der Waals surface area contributed by atoms with E-state index in [1.54, 1.807) is 0 Å². The number of benzene rings is 1. The summed E-state index contributed by atoms with van der Waals surface area (Å²) in [5.74, 6) is 0.859. The molecule has 122 valence electrons. The molecule has 0 bridgehead atoms. The van der Waals surface area contributed by atoms with Gasteiger partial charge in [-0.15, -0.1) is 0 Å². The Balaban J connectivity index is 1.78. The second-order valence-electron chi connectivity index (χ2n) is 6.43. The Morgan fingerprint density at radius 2 is 1.92 bits per heavy atom. The van der Waals surface area contributed by atoms with Crippen LogP contribution in [0.15, 0.2) is 16.9 Å². The van der Waals surface area contributed by atoms with E-state index in [0.29, 0.717) is 11.9 Å². The molecule has 0 aliphatic heterocycles. The lowest BCUT2D eigenvalue weighted by molar-refractivity contribution is 0.899. The summed E-state index contributed by atoms with van der Waals surface area (Å²) in [5, 5.41) is 4.11. The minimum Gasteiger partial charge on any atom is -0.294 e. The van der Waals surface area contributed by atoms with Crippen LogP contribution in [-0.2, 0) is 12.8 Å². The van der Waals surface area contributed by atoms with Crippen molar-refractivity contribution >= 4 is 22.8 Å². The SMILES string of the molecule is Cc1cc(C)c2nc(Nc3nc4c(c(=O)[nH]3)CCC4)nc(C)c2c1. The van der Waals surface area contributed by atoms with Crippen LogP contribution in [0.3, 0.4) is 0 Å². The molecule has 2 aromatic heterocycles. The number of aromatic nitrogens is 4. The number of aryl methyl sites for hydroxylation is 4. The molecule has 2 heterocycles. The second-order valence-corrected chi connectivity index (χ2v) is 6.43. The number of hydrogen-bond acceptors (Lipinski definition) is 5. The lowest BCUT2D eigenvalue weighted by Gasteiger charge is -2.10. The Labute approximate surface area is 139 Å². The van der Waals surface area contributed by atoms with Crippen molar-refractivity contribution in [2.75, 3.05) is 5.32 Å². The van der Waals surface area contributed by atoms with Crippen LogP contribution in [0.1, 0.15) is 34.5 Å². The maximum Gasteiger partial charge on any atom is 0.255 e. The van der Waals surface area contributed by atoms with Crippen molar-refractivity contribution in [2.24, 2.45) is 0 Å². The van der Waals surface area contributed by atoms with Gasteiger partial charge in [-0.1, -0.05) is 11.6 Å². The van der Waals surface area contributed by atoms with Crippen molar-refractivity contribution in [1.82, 2.24) is 19.9 Å². The van der Waals surface area contributed by atoms with Crippen LogP contribution >= 0.6 is 0 Å². The molecule has 0 saturated carbocycles. The Hall–Kier alpha value is -2.76. The first-order chi connectivity index (χ1) is 11.5. The third kappa shape index (κ3) is 2.44. The molecule has 4 rings (SSSR count). The van der Waals surface area contributed by atoms with Crippen LogP contribution in [-0.4, -0.2) is 19.9 Å². The molecule has 3 aromatic rings. The van der Waals surface area contributed by atoms with Gasteiger partial charge in [-0.25, -0.2) is 15.0 Å². The molecule has 1 aromatic carbocycles. The van der Waals surface area contributed by atoms with Gasteiger partial charge >= 0.3 is 0 Å². The Morgan fingerprint density at radius 1 is 1.08 bits per heavy atom. The third-order valence-electron chi connectivity index (χ3n) is 4.50. The smallest absolute Gasteiger partial charge is 0.255 e. The van der Waals surface area contributed by atoms with Crippen molar-refractivity contribution < 1.29 is 0 Å². The van der Waals surface area contributed by atoms with Crippen LogP contribution in [0, 0.1) is 20.8 Å². The molecule has 0 unspecified atom stereocenters. The van der Waals surface area contributed by atoms with Crippen LogP contribution in [0.4, 0.5) is 11.9 Å². The highest BCUT2D eigenvalue weighted by molar-refractivity contribution is 5.85. The average Bonchev–Trinajstić information content (AvgIpc) is 2.97. The van der Waals surface area contributed by atoms with Crippen LogP contribution < -0.4 is 10.9 Å². The maximum atomic E-state index is 12.1. The summed E-state index contributed by atoms with van der Waals surface area (Å²) >= 11 is 0. The van der Waals surface area contributed by atoms with Crippen LogP contribution in [0.25, 0.3) is 10.9 Å². The maximum absolute atomic E-state index is 12.1. The summed E-state index contributed by atoms with van der Waals surface area (Å²) in [6, 6.07) is 4.20. The van der Waals surface area contributed by atoms with Gasteiger partial charge in [0.15, 0.2) is 0 Å². The highest BCUT2D eigenvalue weighted by Crippen LogP contribution is 2.23. The first kappa shape index (κ1) is 14.8. The highest BCUT2D eigenvalue weighted by atomic mass is 16.1. The number of nitrogens with one attached hydrogen (secondary N) is 2. The number of rotatable bonds is 2. The van der Waals surface area contributed by atoms with Gasteiger partial charge in [-0.3, -0.25) is 15.1 Å². The standard InChI is InChI=1S/C18H19N5O/c1-9-7-10(2)15-13(8-9)11(3)19-17(21-15)23-18-20-14-6-4-5-12(14)16(24)22-18/h7-8H,4-6H2,1-3H3,(H2,19,20,21,22,23,24). The number of aromatic amines is 1. The van der Waals surface area contributed by atoms with E-state index in [1.165, 1.54) is 5.56 Å². The summed E-state index contributed by atoms with van der Waals surface area (Å²) in [5.41, 5.74) is 5.74. The number of hydrogen-bond donors (Lipinski definition) is 2. The molecule has 0 fully saturated rings. The van der Waals surface area contributed by atoms with E-state index in [9.17, 15) is 4.79 Å². The fourth-order valence-electron chi connectivity index (χ4n) is 3.40. The number of anilines is 2. The van der Waals surface area contributed by atoms with E-state index in [-0.39, 0.29) is 5.56 Å². The molecule has 6 heteroatoms. The fraction of sp³-hybridized carbons (Fsp3) is 0.333. The minimum absolute atomic E-state index is 0.0654. The highest BCUT2D eigenvalue weighted by Gasteiger charge is 2.17. The van der Waals surface area contributed by atoms with E-state index >= 15 is 0 Å². The molecule has 0 atom stereocenters. The van der Waals surface area contributed by atoms with Crippen LogP contribution in [0.2, 0.25) is 0 Å². The summed E-state index contributed by atoms with van der Waals surface area (Å²) in [4.78, 5) is 28.5. The molecule has 2 N–H and O–H groups in total. The summed E-state index contributed by atoms with van der Waals surface area (Å²) in [6.07, 6.45) is 2.64. The van der Waals surface area contributed by atoms with Gasteiger partial charge in [-0.2, -0.15) is 0 Å². The van der Waals surface area contributed by atoms with Gasteiger partial charge in [0.25, 0.3) is 5.56 Å². The zero-order chi connectivity index (χ0) is 16.8. The van der Waals surface area contributed by atoms with Crippen molar-refractivity contribution in [3.8, 4) is 0 Å². The molecule has 6 nitrogen and oxygen atoms in total. The van der Waals surface area contributed by atoms with Crippen molar-refractivity contribution in [3.05, 3.63) is 50.6 Å². The quantitative estimate of drug-likeness (QED) is 0.758. The molecule has 0 amide bonds. The molecule has 0 radical (unpaired) electrons. The molecule has 1 aliphatic carbocycles. The molecule has 1 aliphatic rings. The lowest BCUT2D eigenvalue weighted by atomic mass is 10.1. The lowest BCUT2D eigenvalue weighted by Crippen LogP contribution is -2.17. The topological polar surface area (TPSA) is 83.6 Å². The van der Waals surface area contributed by atoms with Gasteiger partial charge in [0.05, 0.1) is 16.9 Å². The zero-order valence-corrected chi connectivity index (χ0v) is 14.0. The number of nitrogens with zero attached hydrogens (tertiary/aromatic N) is 3. The van der Waals surface area contributed by atoms with Crippen molar-refractivity contribution in [1.29, 1.82) is 0 Å². The Kier molecular flexibility index (Phi) is 3.33. The monoisotopic (exact) mass is 321 g/mol. The molecular formula is C18H19N5O. The van der Waals surface area contributed by atoms with E-state index in [1.807, 2.05) is 13.8 Å². The Morgan fingerprint density at radius 3 is 2.75 bits per heavy atom. The minimum atomic E-state index is -0.0654. The largest absolute Gasteiger partial charge is 0.294 e. The third-order valence-corrected chi connectivity index (χ3v) is 4.50.